The molecular weight excluding hydrogens is 226 g/mol. The molecule has 2 heterocycles. The summed E-state index contributed by atoms with van der Waals surface area (Å²) in [7, 11) is 0. The van der Waals surface area contributed by atoms with E-state index in [9.17, 15) is 0 Å². The lowest BCUT2D eigenvalue weighted by Gasteiger charge is -2.34. The Labute approximate surface area is 107 Å². The predicted molar refractivity (Wildman–Crippen MR) is 72.7 cm³/mol. The molecule has 2 N–H and O–H groups in total. The fourth-order valence-corrected chi connectivity index (χ4v) is 2.73. The first-order chi connectivity index (χ1) is 8.88. The zero-order valence-electron chi connectivity index (χ0n) is 10.5. The molecule has 0 aliphatic carbocycles. The van der Waals surface area contributed by atoms with Crippen LogP contribution in [0.5, 0.6) is 0 Å². The Kier molecular flexibility index (Phi) is 3.19. The van der Waals surface area contributed by atoms with Crippen molar-refractivity contribution >= 4 is 17.1 Å². The van der Waals surface area contributed by atoms with Crippen LogP contribution in [0.2, 0.25) is 0 Å². The highest BCUT2D eigenvalue weighted by Crippen LogP contribution is 2.28. The van der Waals surface area contributed by atoms with Gasteiger partial charge in [0, 0.05) is 12.6 Å². The van der Waals surface area contributed by atoms with E-state index in [1.54, 1.807) is 0 Å². The molecule has 2 aromatic rings. The molecule has 1 saturated heterocycles. The van der Waals surface area contributed by atoms with E-state index in [1.165, 1.54) is 19.3 Å². The van der Waals surface area contributed by atoms with Gasteiger partial charge in [-0.2, -0.15) is 4.98 Å². The zero-order chi connectivity index (χ0) is 12.4. The molecule has 0 saturated carbocycles. The summed E-state index contributed by atoms with van der Waals surface area (Å²) in [4.78, 5) is 6.88. The highest BCUT2D eigenvalue weighted by molar-refractivity contribution is 5.74. The number of fused-ring (bicyclic) bond motifs is 1. The third-order valence-corrected chi connectivity index (χ3v) is 3.66. The molecule has 1 aliphatic heterocycles. The molecule has 96 valence electrons. The van der Waals surface area contributed by atoms with E-state index in [4.69, 9.17) is 10.2 Å². The van der Waals surface area contributed by atoms with E-state index in [0.29, 0.717) is 6.04 Å². The van der Waals surface area contributed by atoms with Crippen LogP contribution in [0.1, 0.15) is 25.7 Å². The van der Waals surface area contributed by atoms with Gasteiger partial charge in [0.15, 0.2) is 5.58 Å². The second-order valence-corrected chi connectivity index (χ2v) is 4.88. The minimum Gasteiger partial charge on any atom is -0.423 e. The second-order valence-electron chi connectivity index (χ2n) is 4.88. The monoisotopic (exact) mass is 245 g/mol. The number of benzene rings is 1. The number of para-hydroxylation sites is 2. The van der Waals surface area contributed by atoms with Crippen molar-refractivity contribution < 1.29 is 4.42 Å². The number of aromatic nitrogens is 1. The van der Waals surface area contributed by atoms with Gasteiger partial charge in [-0.3, -0.25) is 0 Å². The number of hydrogen-bond acceptors (Lipinski definition) is 4. The van der Waals surface area contributed by atoms with Gasteiger partial charge < -0.3 is 15.1 Å². The summed E-state index contributed by atoms with van der Waals surface area (Å²) in [5.41, 5.74) is 7.50. The Morgan fingerprint density at radius 1 is 1.33 bits per heavy atom. The maximum atomic E-state index is 5.86. The number of nitrogens with two attached hydrogens (primary N) is 1. The summed E-state index contributed by atoms with van der Waals surface area (Å²) in [6.45, 7) is 1.75. The highest BCUT2D eigenvalue weighted by Gasteiger charge is 2.25. The lowest BCUT2D eigenvalue weighted by molar-refractivity contribution is 0.410. The maximum absolute atomic E-state index is 5.86. The van der Waals surface area contributed by atoms with Crippen LogP contribution < -0.4 is 10.6 Å². The van der Waals surface area contributed by atoms with Crippen LogP contribution in [0.15, 0.2) is 28.7 Å². The van der Waals surface area contributed by atoms with Crippen molar-refractivity contribution in [1.29, 1.82) is 0 Å². The van der Waals surface area contributed by atoms with Gasteiger partial charge in [-0.15, -0.1) is 0 Å². The second kappa shape index (κ2) is 4.98. The summed E-state index contributed by atoms with van der Waals surface area (Å²) >= 11 is 0. The Bertz CT molecular complexity index is 487. The van der Waals surface area contributed by atoms with Crippen LogP contribution in [-0.4, -0.2) is 24.1 Å². The lowest BCUT2D eigenvalue weighted by Crippen LogP contribution is -2.41. The largest absolute Gasteiger partial charge is 0.423 e. The fraction of sp³-hybridized carbons (Fsp3) is 0.500. The van der Waals surface area contributed by atoms with Crippen molar-refractivity contribution in [1.82, 2.24) is 4.98 Å². The number of rotatable bonds is 3. The smallest absolute Gasteiger partial charge is 0.298 e. The molecule has 1 fully saturated rings. The Hall–Kier alpha value is -1.55. The third kappa shape index (κ3) is 2.08. The highest BCUT2D eigenvalue weighted by atomic mass is 16.4. The third-order valence-electron chi connectivity index (χ3n) is 3.66. The number of oxazole rings is 1. The van der Waals surface area contributed by atoms with E-state index in [2.05, 4.69) is 9.88 Å². The number of nitrogens with zero attached hydrogens (tertiary/aromatic N) is 2. The minimum absolute atomic E-state index is 0.483. The molecule has 4 nitrogen and oxygen atoms in total. The Morgan fingerprint density at radius 2 is 2.22 bits per heavy atom. The first-order valence-electron chi connectivity index (χ1n) is 6.71. The van der Waals surface area contributed by atoms with Crippen molar-refractivity contribution in [3.63, 3.8) is 0 Å². The van der Waals surface area contributed by atoms with Crippen LogP contribution in [0.25, 0.3) is 11.1 Å². The van der Waals surface area contributed by atoms with Gasteiger partial charge >= 0.3 is 0 Å². The summed E-state index contributed by atoms with van der Waals surface area (Å²) in [5.74, 6) is 0. The number of hydrogen-bond donors (Lipinski definition) is 1. The van der Waals surface area contributed by atoms with Crippen molar-refractivity contribution in [2.75, 3.05) is 18.0 Å². The molecule has 1 aromatic carbocycles. The fourth-order valence-electron chi connectivity index (χ4n) is 2.73. The van der Waals surface area contributed by atoms with Crippen molar-refractivity contribution in [3.05, 3.63) is 24.3 Å². The van der Waals surface area contributed by atoms with Crippen molar-refractivity contribution in [2.24, 2.45) is 5.73 Å². The number of anilines is 1. The van der Waals surface area contributed by atoms with Gasteiger partial charge in [-0.1, -0.05) is 12.1 Å². The normalized spacial score (nSPS) is 20.5. The molecule has 18 heavy (non-hydrogen) atoms. The molecule has 1 aliphatic rings. The predicted octanol–water partition coefficient (Wildman–Crippen LogP) is 2.54. The summed E-state index contributed by atoms with van der Waals surface area (Å²) < 4.78 is 5.86. The van der Waals surface area contributed by atoms with Gasteiger partial charge in [0.2, 0.25) is 0 Å². The minimum atomic E-state index is 0.483. The first kappa shape index (κ1) is 11.5. The Morgan fingerprint density at radius 3 is 3.06 bits per heavy atom. The maximum Gasteiger partial charge on any atom is 0.298 e. The molecule has 4 heteroatoms. The van der Waals surface area contributed by atoms with Gasteiger partial charge in [0.05, 0.1) is 0 Å². The molecule has 1 aromatic heterocycles. The van der Waals surface area contributed by atoms with E-state index in [0.717, 1.165) is 36.6 Å². The number of piperidine rings is 1. The van der Waals surface area contributed by atoms with Crippen LogP contribution >= 0.6 is 0 Å². The van der Waals surface area contributed by atoms with Crippen molar-refractivity contribution in [3.8, 4) is 0 Å². The summed E-state index contributed by atoms with van der Waals surface area (Å²) in [6.07, 6.45) is 4.69. The average Bonchev–Trinajstić information content (AvgIpc) is 2.83. The van der Waals surface area contributed by atoms with E-state index >= 15 is 0 Å². The van der Waals surface area contributed by atoms with Crippen LogP contribution in [0, 0.1) is 0 Å². The van der Waals surface area contributed by atoms with E-state index in [-0.39, 0.29) is 0 Å². The van der Waals surface area contributed by atoms with E-state index in [1.807, 2.05) is 24.3 Å². The molecule has 0 radical (unpaired) electrons. The molecule has 0 spiro atoms. The first-order valence-corrected chi connectivity index (χ1v) is 6.71. The molecule has 1 atom stereocenters. The quantitative estimate of drug-likeness (QED) is 0.902. The van der Waals surface area contributed by atoms with Crippen LogP contribution in [0.4, 0.5) is 6.01 Å². The van der Waals surface area contributed by atoms with Crippen LogP contribution in [0.3, 0.4) is 0 Å². The van der Waals surface area contributed by atoms with E-state index < -0.39 is 0 Å². The van der Waals surface area contributed by atoms with Crippen molar-refractivity contribution in [2.45, 2.75) is 31.7 Å². The van der Waals surface area contributed by atoms with Gasteiger partial charge in [-0.05, 0) is 44.4 Å². The SMILES string of the molecule is NCCC1CCCCN1c1nc2ccccc2o1. The molecule has 3 rings (SSSR count). The standard InChI is InChI=1S/C14H19N3O/c15-9-8-11-5-3-4-10-17(11)14-16-12-6-1-2-7-13(12)18-14/h1-2,6-7,11H,3-5,8-10,15H2. The lowest BCUT2D eigenvalue weighted by atomic mass is 10.00. The summed E-state index contributed by atoms with van der Waals surface area (Å²) in [5, 5.41) is 0. The molecule has 0 amide bonds. The van der Waals surface area contributed by atoms with Gasteiger partial charge in [0.25, 0.3) is 6.01 Å². The zero-order valence-corrected chi connectivity index (χ0v) is 10.5. The Balaban J connectivity index is 1.91. The topological polar surface area (TPSA) is 55.3 Å². The molecule has 0 bridgehead atoms. The average molecular weight is 245 g/mol. The molecule has 1 unspecified atom stereocenters. The van der Waals surface area contributed by atoms with Crippen LogP contribution in [-0.2, 0) is 0 Å². The van der Waals surface area contributed by atoms with Gasteiger partial charge in [0.1, 0.15) is 5.52 Å². The summed E-state index contributed by atoms with van der Waals surface area (Å²) in [6, 6.07) is 9.16. The van der Waals surface area contributed by atoms with Gasteiger partial charge in [-0.25, -0.2) is 0 Å². The molecular formula is C14H19N3O.